The number of hydrogen-bond donors (Lipinski definition) is 1. The first-order chi connectivity index (χ1) is 15.5. The molecule has 0 saturated carbocycles. The van der Waals surface area contributed by atoms with Crippen molar-refractivity contribution in [2.45, 2.75) is 6.92 Å². The number of anilines is 1. The Bertz CT molecular complexity index is 1120. The summed E-state index contributed by atoms with van der Waals surface area (Å²) in [4.78, 5) is 26.8. The van der Waals surface area contributed by atoms with Crippen molar-refractivity contribution in [2.75, 3.05) is 18.5 Å². The first-order valence-electron chi connectivity index (χ1n) is 9.69. The molecule has 0 atom stereocenters. The predicted molar refractivity (Wildman–Crippen MR) is 126 cm³/mol. The molecule has 1 N–H and O–H groups in total. The number of rotatable bonds is 9. The van der Waals surface area contributed by atoms with Crippen molar-refractivity contribution in [1.82, 2.24) is 0 Å². The normalized spacial score (nSPS) is 10.7. The summed E-state index contributed by atoms with van der Waals surface area (Å²) in [7, 11) is 0. The largest absolute Gasteiger partial charge is 0.490 e. The molecular weight excluding hydrogens is 478 g/mol. The lowest BCUT2D eigenvalue weighted by Crippen LogP contribution is -2.20. The Labute approximate surface area is 193 Å². The van der Waals surface area contributed by atoms with Gasteiger partial charge in [-0.3, -0.25) is 19.9 Å². The average Bonchev–Trinajstić information content (AvgIpc) is 2.78. The van der Waals surface area contributed by atoms with Crippen molar-refractivity contribution in [1.29, 1.82) is 0 Å². The quantitative estimate of drug-likeness (QED) is 0.238. The molecule has 0 bridgehead atoms. The zero-order valence-electron chi connectivity index (χ0n) is 17.2. The van der Waals surface area contributed by atoms with Crippen LogP contribution in [-0.4, -0.2) is 30.3 Å². The van der Waals surface area contributed by atoms with Gasteiger partial charge < -0.3 is 14.8 Å². The van der Waals surface area contributed by atoms with Gasteiger partial charge in [0.05, 0.1) is 21.7 Å². The van der Waals surface area contributed by atoms with Crippen molar-refractivity contribution in [3.8, 4) is 11.5 Å². The number of nitrogens with zero attached hydrogens (tertiary/aromatic N) is 2. The van der Waals surface area contributed by atoms with Gasteiger partial charge in [0.2, 0.25) is 0 Å². The summed E-state index contributed by atoms with van der Waals surface area (Å²) < 4.78 is 12.0. The minimum absolute atomic E-state index is 0.00290. The van der Waals surface area contributed by atoms with Crippen LogP contribution in [-0.2, 0) is 4.79 Å². The first-order valence-corrected chi connectivity index (χ1v) is 10.5. The molecule has 0 aliphatic carbocycles. The number of aliphatic imine (C=N–C) groups is 1. The molecule has 0 aromatic heterocycles. The van der Waals surface area contributed by atoms with E-state index in [0.717, 1.165) is 5.56 Å². The fourth-order valence-corrected chi connectivity index (χ4v) is 3.31. The van der Waals surface area contributed by atoms with Crippen molar-refractivity contribution in [3.05, 3.63) is 86.9 Å². The number of nitro groups is 1. The minimum atomic E-state index is -0.461. The summed E-state index contributed by atoms with van der Waals surface area (Å²) in [5.41, 5.74) is 1.98. The van der Waals surface area contributed by atoms with Gasteiger partial charge in [0.1, 0.15) is 0 Å². The lowest BCUT2D eigenvalue weighted by atomic mass is 10.2. The van der Waals surface area contributed by atoms with Crippen LogP contribution < -0.4 is 14.8 Å². The van der Waals surface area contributed by atoms with Gasteiger partial charge in [-0.1, -0.05) is 18.2 Å². The van der Waals surface area contributed by atoms with Gasteiger partial charge in [-0.05, 0) is 64.8 Å². The van der Waals surface area contributed by atoms with E-state index < -0.39 is 4.92 Å². The van der Waals surface area contributed by atoms with Crippen LogP contribution in [0.25, 0.3) is 0 Å². The molecule has 32 heavy (non-hydrogen) atoms. The maximum Gasteiger partial charge on any atom is 0.269 e. The second-order valence-corrected chi connectivity index (χ2v) is 7.35. The van der Waals surface area contributed by atoms with Gasteiger partial charge in [-0.15, -0.1) is 0 Å². The topological polar surface area (TPSA) is 103 Å². The number of halogens is 1. The molecule has 0 spiro atoms. The SMILES string of the molecule is CCOc1cc(C=Nc2ccc([N+](=O)[O-])cc2)cc(Br)c1OCC(=O)Nc1ccccc1. The number of benzene rings is 3. The second kappa shape index (κ2) is 11.1. The Morgan fingerprint density at radius 2 is 1.84 bits per heavy atom. The molecule has 164 valence electrons. The van der Waals surface area contributed by atoms with Gasteiger partial charge >= 0.3 is 0 Å². The number of amides is 1. The molecule has 0 aliphatic heterocycles. The van der Waals surface area contributed by atoms with Gasteiger partial charge in [0.15, 0.2) is 18.1 Å². The summed E-state index contributed by atoms with van der Waals surface area (Å²) in [6, 6.07) is 18.5. The lowest BCUT2D eigenvalue weighted by molar-refractivity contribution is -0.384. The Morgan fingerprint density at radius 1 is 1.12 bits per heavy atom. The fourth-order valence-electron chi connectivity index (χ4n) is 2.73. The zero-order valence-corrected chi connectivity index (χ0v) is 18.7. The van der Waals surface area contributed by atoms with Gasteiger partial charge in [-0.2, -0.15) is 0 Å². The molecule has 0 aliphatic rings. The van der Waals surface area contributed by atoms with Crippen LogP contribution in [0.1, 0.15) is 12.5 Å². The van der Waals surface area contributed by atoms with E-state index in [1.54, 1.807) is 42.6 Å². The molecule has 8 nitrogen and oxygen atoms in total. The van der Waals surface area contributed by atoms with E-state index in [1.165, 1.54) is 12.1 Å². The maximum atomic E-state index is 12.2. The van der Waals surface area contributed by atoms with Gasteiger partial charge in [0.25, 0.3) is 11.6 Å². The monoisotopic (exact) mass is 497 g/mol. The van der Waals surface area contributed by atoms with E-state index in [-0.39, 0.29) is 18.2 Å². The highest BCUT2D eigenvalue weighted by Gasteiger charge is 2.14. The number of carbonyl (C=O) groups excluding carboxylic acids is 1. The number of non-ortho nitro benzene ring substituents is 1. The lowest BCUT2D eigenvalue weighted by Gasteiger charge is -2.14. The van der Waals surface area contributed by atoms with Crippen LogP contribution in [0.5, 0.6) is 11.5 Å². The summed E-state index contributed by atoms with van der Waals surface area (Å²) in [5, 5.41) is 13.5. The molecule has 3 rings (SSSR count). The number of nitrogens with one attached hydrogen (secondary N) is 1. The van der Waals surface area contributed by atoms with E-state index in [4.69, 9.17) is 9.47 Å². The molecule has 0 fully saturated rings. The van der Waals surface area contributed by atoms with Crippen molar-refractivity contribution in [2.24, 2.45) is 4.99 Å². The first kappa shape index (κ1) is 23.0. The van der Waals surface area contributed by atoms with Crippen LogP contribution in [0.4, 0.5) is 17.1 Å². The Hall–Kier alpha value is -3.72. The highest BCUT2D eigenvalue weighted by molar-refractivity contribution is 9.10. The van der Waals surface area contributed by atoms with Crippen molar-refractivity contribution < 1.29 is 19.2 Å². The molecule has 0 heterocycles. The van der Waals surface area contributed by atoms with E-state index in [9.17, 15) is 14.9 Å². The van der Waals surface area contributed by atoms with Crippen LogP contribution in [0, 0.1) is 10.1 Å². The number of nitro benzene ring substituents is 1. The molecular formula is C23H20BrN3O5. The number of ether oxygens (including phenoxy) is 2. The number of para-hydroxylation sites is 1. The minimum Gasteiger partial charge on any atom is -0.490 e. The number of carbonyl (C=O) groups is 1. The molecule has 0 unspecified atom stereocenters. The Morgan fingerprint density at radius 3 is 2.50 bits per heavy atom. The summed E-state index contributed by atoms with van der Waals surface area (Å²) in [5.74, 6) is 0.566. The average molecular weight is 498 g/mol. The molecule has 0 radical (unpaired) electrons. The van der Waals surface area contributed by atoms with Crippen molar-refractivity contribution >= 4 is 45.1 Å². The van der Waals surface area contributed by atoms with Crippen LogP contribution >= 0.6 is 15.9 Å². The predicted octanol–water partition coefficient (Wildman–Crippen LogP) is 5.52. The third kappa shape index (κ3) is 6.39. The molecule has 3 aromatic rings. The number of hydrogen-bond acceptors (Lipinski definition) is 6. The smallest absolute Gasteiger partial charge is 0.269 e. The fraction of sp³-hybridized carbons (Fsp3) is 0.130. The third-order valence-electron chi connectivity index (χ3n) is 4.16. The van der Waals surface area contributed by atoms with Gasteiger partial charge in [0, 0.05) is 24.0 Å². The van der Waals surface area contributed by atoms with Crippen LogP contribution in [0.3, 0.4) is 0 Å². The molecule has 1 amide bonds. The van der Waals surface area contributed by atoms with Crippen LogP contribution in [0.15, 0.2) is 76.2 Å². The Kier molecular flexibility index (Phi) is 7.93. The molecule has 9 heteroatoms. The summed E-state index contributed by atoms with van der Waals surface area (Å²) in [6.07, 6.45) is 1.61. The zero-order chi connectivity index (χ0) is 22.9. The van der Waals surface area contributed by atoms with Gasteiger partial charge in [-0.25, -0.2) is 0 Å². The van der Waals surface area contributed by atoms with Crippen molar-refractivity contribution in [3.63, 3.8) is 0 Å². The maximum absolute atomic E-state index is 12.2. The summed E-state index contributed by atoms with van der Waals surface area (Å²) >= 11 is 3.46. The highest BCUT2D eigenvalue weighted by atomic mass is 79.9. The van der Waals surface area contributed by atoms with Crippen LogP contribution in [0.2, 0.25) is 0 Å². The van der Waals surface area contributed by atoms with E-state index >= 15 is 0 Å². The standard InChI is InChI=1S/C23H20BrN3O5/c1-2-31-21-13-16(14-25-17-8-10-19(11-9-17)27(29)30)12-20(24)23(21)32-15-22(28)26-18-6-4-3-5-7-18/h3-14H,2,15H2,1H3,(H,26,28). The Balaban J connectivity index is 1.72. The molecule has 0 saturated heterocycles. The third-order valence-corrected chi connectivity index (χ3v) is 4.75. The van der Waals surface area contributed by atoms with E-state index in [2.05, 4.69) is 26.2 Å². The molecule has 3 aromatic carbocycles. The highest BCUT2D eigenvalue weighted by Crippen LogP contribution is 2.36. The summed E-state index contributed by atoms with van der Waals surface area (Å²) in [6.45, 7) is 2.06. The second-order valence-electron chi connectivity index (χ2n) is 6.50. The van der Waals surface area contributed by atoms with E-state index in [0.29, 0.717) is 34.0 Å². The van der Waals surface area contributed by atoms with E-state index in [1.807, 2.05) is 25.1 Å².